The van der Waals surface area contributed by atoms with E-state index in [4.69, 9.17) is 4.42 Å². The lowest BCUT2D eigenvalue weighted by Gasteiger charge is -2.28. The van der Waals surface area contributed by atoms with Crippen molar-refractivity contribution in [2.75, 3.05) is 4.90 Å². The molecule has 3 nitrogen and oxygen atoms in total. The smallest absolute Gasteiger partial charge is 0.137 e. The van der Waals surface area contributed by atoms with Crippen molar-refractivity contribution in [2.45, 2.75) is 0 Å². The molecule has 3 heteroatoms. The van der Waals surface area contributed by atoms with Gasteiger partial charge in [0.1, 0.15) is 11.2 Å². The Morgan fingerprint density at radius 2 is 1.05 bits per heavy atom. The van der Waals surface area contributed by atoms with Gasteiger partial charge in [0.2, 0.25) is 0 Å². The molecule has 0 fully saturated rings. The Morgan fingerprint density at radius 3 is 1.91 bits per heavy atom. The number of benzene rings is 9. The SMILES string of the molecule is c1ccc(-c2ccccc2N(c2ccc(-c3ccc4c5ccc6ccccc6c5n(-c5ccccc5)c4c3)cc2)c2cccc3oc4ccccc4c23)cc1. The number of fused-ring (bicyclic) bond motifs is 8. The van der Waals surface area contributed by atoms with Crippen molar-refractivity contribution in [1.82, 2.24) is 4.57 Å². The molecule has 11 rings (SSSR count). The van der Waals surface area contributed by atoms with Crippen LogP contribution in [0.5, 0.6) is 0 Å². The van der Waals surface area contributed by atoms with E-state index in [1.807, 2.05) is 12.1 Å². The largest absolute Gasteiger partial charge is 0.456 e. The average Bonchev–Trinajstić information content (AvgIpc) is 3.81. The quantitative estimate of drug-likeness (QED) is 0.172. The minimum absolute atomic E-state index is 0.868. The van der Waals surface area contributed by atoms with Crippen molar-refractivity contribution in [3.8, 4) is 27.9 Å². The average molecular weight is 703 g/mol. The van der Waals surface area contributed by atoms with Crippen LogP contribution in [0.4, 0.5) is 17.1 Å². The molecule has 0 atom stereocenters. The number of anilines is 3. The fourth-order valence-corrected chi connectivity index (χ4v) is 8.49. The molecule has 2 aromatic heterocycles. The van der Waals surface area contributed by atoms with Gasteiger partial charge in [-0.1, -0.05) is 152 Å². The maximum absolute atomic E-state index is 6.40. The van der Waals surface area contributed by atoms with Crippen LogP contribution >= 0.6 is 0 Å². The predicted octanol–water partition coefficient (Wildman–Crippen LogP) is 14.6. The molecular weight excluding hydrogens is 669 g/mol. The summed E-state index contributed by atoms with van der Waals surface area (Å²) in [6, 6.07) is 73.9. The van der Waals surface area contributed by atoms with Crippen molar-refractivity contribution in [2.24, 2.45) is 0 Å². The highest BCUT2D eigenvalue weighted by Gasteiger charge is 2.22. The summed E-state index contributed by atoms with van der Waals surface area (Å²) in [6.45, 7) is 0. The Balaban J connectivity index is 1.10. The van der Waals surface area contributed by atoms with Crippen molar-refractivity contribution < 1.29 is 4.42 Å². The fourth-order valence-electron chi connectivity index (χ4n) is 8.49. The second kappa shape index (κ2) is 12.6. The number of para-hydroxylation sites is 3. The van der Waals surface area contributed by atoms with Gasteiger partial charge in [0.05, 0.1) is 27.8 Å². The molecule has 0 N–H and O–H groups in total. The first-order valence-corrected chi connectivity index (χ1v) is 18.8. The van der Waals surface area contributed by atoms with E-state index in [1.165, 1.54) is 43.7 Å². The Kier molecular flexibility index (Phi) is 7.17. The molecule has 0 aliphatic rings. The molecule has 55 heavy (non-hydrogen) atoms. The van der Waals surface area contributed by atoms with Crippen LogP contribution in [-0.2, 0) is 0 Å². The molecule has 0 spiro atoms. The second-order valence-corrected chi connectivity index (χ2v) is 14.1. The fraction of sp³-hybridized carbons (Fsp3) is 0. The third kappa shape index (κ3) is 5.05. The van der Waals surface area contributed by atoms with E-state index >= 15 is 0 Å². The molecule has 258 valence electrons. The normalized spacial score (nSPS) is 11.6. The van der Waals surface area contributed by atoms with Crippen LogP contribution in [0.25, 0.3) is 82.5 Å². The van der Waals surface area contributed by atoms with Crippen molar-refractivity contribution >= 4 is 71.6 Å². The Morgan fingerprint density at radius 1 is 0.400 bits per heavy atom. The summed E-state index contributed by atoms with van der Waals surface area (Å²) in [5, 5.41) is 7.19. The van der Waals surface area contributed by atoms with Gasteiger partial charge in [-0.15, -0.1) is 0 Å². The predicted molar refractivity (Wildman–Crippen MR) is 231 cm³/mol. The van der Waals surface area contributed by atoms with Crippen LogP contribution in [0.15, 0.2) is 211 Å². The summed E-state index contributed by atoms with van der Waals surface area (Å²) in [6.07, 6.45) is 0. The first-order chi connectivity index (χ1) is 27.3. The van der Waals surface area contributed by atoms with Crippen molar-refractivity contribution in [1.29, 1.82) is 0 Å². The highest BCUT2D eigenvalue weighted by atomic mass is 16.3. The van der Waals surface area contributed by atoms with E-state index in [0.717, 1.165) is 55.8 Å². The van der Waals surface area contributed by atoms with E-state index in [2.05, 4.69) is 204 Å². The molecule has 0 amide bonds. The highest BCUT2D eigenvalue weighted by Crippen LogP contribution is 2.46. The Labute approximate surface area is 318 Å². The third-order valence-corrected chi connectivity index (χ3v) is 11.0. The monoisotopic (exact) mass is 702 g/mol. The standard InChI is InChI=1S/C52H34N2O/c1-3-14-36(15-4-1)41-19-9-11-22-46(41)53(47-23-13-25-50-51(47)45-21-10-12-24-49(45)55-50)40-30-26-35(27-31-40)38-29-32-43-44-33-28-37-16-7-8-20-42(37)52(44)54(48(43)34-38)39-17-5-2-6-18-39/h1-34H. The van der Waals surface area contributed by atoms with Crippen LogP contribution in [0.2, 0.25) is 0 Å². The van der Waals surface area contributed by atoms with Crippen LogP contribution in [0.1, 0.15) is 0 Å². The van der Waals surface area contributed by atoms with E-state index in [-0.39, 0.29) is 0 Å². The molecule has 0 saturated heterocycles. The summed E-state index contributed by atoms with van der Waals surface area (Å²) in [5.74, 6) is 0. The minimum Gasteiger partial charge on any atom is -0.456 e. The minimum atomic E-state index is 0.868. The van der Waals surface area contributed by atoms with Crippen molar-refractivity contribution in [3.63, 3.8) is 0 Å². The van der Waals surface area contributed by atoms with Gasteiger partial charge in [0.15, 0.2) is 0 Å². The van der Waals surface area contributed by atoms with Gasteiger partial charge in [-0.25, -0.2) is 0 Å². The summed E-state index contributed by atoms with van der Waals surface area (Å²) in [7, 11) is 0. The third-order valence-electron chi connectivity index (χ3n) is 11.0. The number of aromatic nitrogens is 1. The van der Waals surface area contributed by atoms with Gasteiger partial charge < -0.3 is 13.9 Å². The molecule has 0 radical (unpaired) electrons. The molecule has 9 aromatic carbocycles. The molecule has 11 aromatic rings. The van der Waals surface area contributed by atoms with Gasteiger partial charge >= 0.3 is 0 Å². The molecule has 0 aliphatic carbocycles. The first-order valence-electron chi connectivity index (χ1n) is 18.8. The summed E-state index contributed by atoms with van der Waals surface area (Å²) >= 11 is 0. The van der Waals surface area contributed by atoms with Gasteiger partial charge in [-0.05, 0) is 76.7 Å². The number of hydrogen-bond acceptors (Lipinski definition) is 2. The molecular formula is C52H34N2O. The van der Waals surface area contributed by atoms with E-state index in [9.17, 15) is 0 Å². The first kappa shape index (κ1) is 31.2. The lowest BCUT2D eigenvalue weighted by molar-refractivity contribution is 0.669. The van der Waals surface area contributed by atoms with Crippen LogP contribution in [0.3, 0.4) is 0 Å². The maximum atomic E-state index is 6.40. The molecule has 0 bridgehead atoms. The molecule has 0 saturated carbocycles. The molecule has 2 heterocycles. The van der Waals surface area contributed by atoms with Gasteiger partial charge in [-0.2, -0.15) is 0 Å². The van der Waals surface area contributed by atoms with Gasteiger partial charge in [0, 0.05) is 38.5 Å². The zero-order chi connectivity index (χ0) is 36.3. The van der Waals surface area contributed by atoms with Crippen LogP contribution in [0, 0.1) is 0 Å². The summed E-state index contributed by atoms with van der Waals surface area (Å²) in [5.41, 5.74) is 13.2. The topological polar surface area (TPSA) is 21.3 Å². The summed E-state index contributed by atoms with van der Waals surface area (Å²) < 4.78 is 8.83. The van der Waals surface area contributed by atoms with Crippen molar-refractivity contribution in [3.05, 3.63) is 206 Å². The number of furan rings is 1. The van der Waals surface area contributed by atoms with E-state index < -0.39 is 0 Å². The van der Waals surface area contributed by atoms with Gasteiger partial charge in [-0.3, -0.25) is 0 Å². The Hall–Kier alpha value is -7.36. The van der Waals surface area contributed by atoms with Gasteiger partial charge in [0.25, 0.3) is 0 Å². The zero-order valence-corrected chi connectivity index (χ0v) is 29.9. The van der Waals surface area contributed by atoms with E-state index in [0.29, 0.717) is 0 Å². The number of nitrogens with zero attached hydrogens (tertiary/aromatic N) is 2. The van der Waals surface area contributed by atoms with Crippen LogP contribution < -0.4 is 4.90 Å². The highest BCUT2D eigenvalue weighted by molar-refractivity contribution is 6.19. The Bertz CT molecular complexity index is 3190. The molecule has 0 aliphatic heterocycles. The van der Waals surface area contributed by atoms with Crippen LogP contribution in [-0.4, -0.2) is 4.57 Å². The zero-order valence-electron chi connectivity index (χ0n) is 29.9. The lowest BCUT2D eigenvalue weighted by Crippen LogP contribution is -2.11. The lowest BCUT2D eigenvalue weighted by atomic mass is 9.99. The van der Waals surface area contributed by atoms with E-state index in [1.54, 1.807) is 0 Å². The number of rotatable bonds is 6. The summed E-state index contributed by atoms with van der Waals surface area (Å²) in [4.78, 5) is 2.39. The second-order valence-electron chi connectivity index (χ2n) is 14.1. The maximum Gasteiger partial charge on any atom is 0.137 e. The molecule has 0 unspecified atom stereocenters. The number of hydrogen-bond donors (Lipinski definition) is 0.